The Bertz CT molecular complexity index is 637. The molecule has 1 aliphatic heterocycles. The number of halogens is 2. The molecule has 20 heavy (non-hydrogen) atoms. The van der Waals surface area contributed by atoms with Gasteiger partial charge in [0.05, 0.1) is 9.90 Å². The summed E-state index contributed by atoms with van der Waals surface area (Å²) in [6.07, 6.45) is 1.60. The Kier molecular flexibility index (Phi) is 3.93. The zero-order chi connectivity index (χ0) is 14.1. The number of anilines is 1. The van der Waals surface area contributed by atoms with Gasteiger partial charge in [0.1, 0.15) is 10.4 Å². The van der Waals surface area contributed by atoms with E-state index in [4.69, 9.17) is 32.4 Å². The minimum atomic E-state index is -0.444. The first-order valence-electron chi connectivity index (χ1n) is 5.84. The predicted molar refractivity (Wildman–Crippen MR) is 74.5 cm³/mol. The van der Waals surface area contributed by atoms with Crippen molar-refractivity contribution in [2.45, 2.75) is 18.9 Å². The molecule has 0 aromatic carbocycles. The fourth-order valence-corrected chi connectivity index (χ4v) is 3.31. The molecule has 1 saturated heterocycles. The number of amides is 1. The molecule has 6 nitrogen and oxygen atoms in total. The van der Waals surface area contributed by atoms with Gasteiger partial charge in [-0.05, 0) is 18.9 Å². The summed E-state index contributed by atoms with van der Waals surface area (Å²) < 4.78 is 11.5. The number of carbonyl (C=O) groups excluding carboxylic acids is 1. The Hall–Kier alpha value is -1.15. The number of nitrogens with one attached hydrogen (secondary N) is 1. The number of aromatic nitrogens is 2. The Labute approximate surface area is 128 Å². The SMILES string of the molecule is O=C(Nc1nnc([C@@H]2CCCO2)o1)c1cc(Cl)sc1Cl. The molecule has 0 spiro atoms. The van der Waals surface area contributed by atoms with Crippen LogP contribution in [0, 0.1) is 0 Å². The van der Waals surface area contributed by atoms with Crippen molar-refractivity contribution in [3.8, 4) is 0 Å². The summed E-state index contributed by atoms with van der Waals surface area (Å²) in [5.74, 6) is -0.0760. The van der Waals surface area contributed by atoms with Crippen LogP contribution in [0.25, 0.3) is 0 Å². The van der Waals surface area contributed by atoms with E-state index < -0.39 is 5.91 Å². The molecule has 0 saturated carbocycles. The second-order valence-electron chi connectivity index (χ2n) is 4.14. The summed E-state index contributed by atoms with van der Waals surface area (Å²) in [6.45, 7) is 0.678. The van der Waals surface area contributed by atoms with Crippen molar-refractivity contribution in [1.29, 1.82) is 0 Å². The van der Waals surface area contributed by atoms with Gasteiger partial charge >= 0.3 is 6.01 Å². The molecule has 0 radical (unpaired) electrons. The van der Waals surface area contributed by atoms with Gasteiger partial charge in [-0.15, -0.1) is 16.4 Å². The van der Waals surface area contributed by atoms with E-state index >= 15 is 0 Å². The lowest BCUT2D eigenvalue weighted by molar-refractivity contribution is 0.0893. The van der Waals surface area contributed by atoms with Crippen molar-refractivity contribution >= 4 is 46.5 Å². The van der Waals surface area contributed by atoms with Crippen LogP contribution in [0.4, 0.5) is 6.01 Å². The van der Waals surface area contributed by atoms with E-state index in [1.165, 1.54) is 6.07 Å². The smallest absolute Gasteiger partial charge is 0.322 e. The maximum absolute atomic E-state index is 12.0. The molecule has 1 amide bonds. The number of carbonyl (C=O) groups is 1. The highest BCUT2D eigenvalue weighted by atomic mass is 35.5. The summed E-state index contributed by atoms with van der Waals surface area (Å²) in [6, 6.07) is 1.50. The molecule has 0 unspecified atom stereocenters. The predicted octanol–water partition coefficient (Wildman–Crippen LogP) is 3.54. The van der Waals surface area contributed by atoms with Gasteiger partial charge in [0.25, 0.3) is 5.91 Å². The number of nitrogens with zero attached hydrogens (tertiary/aromatic N) is 2. The van der Waals surface area contributed by atoms with Gasteiger partial charge in [-0.1, -0.05) is 28.3 Å². The Morgan fingerprint density at radius 1 is 1.45 bits per heavy atom. The number of hydrogen-bond acceptors (Lipinski definition) is 6. The van der Waals surface area contributed by atoms with Crippen LogP contribution >= 0.6 is 34.5 Å². The second-order valence-corrected chi connectivity index (χ2v) is 6.42. The van der Waals surface area contributed by atoms with Gasteiger partial charge in [-0.25, -0.2) is 0 Å². The minimum Gasteiger partial charge on any atom is -0.405 e. The zero-order valence-electron chi connectivity index (χ0n) is 10.1. The standard InChI is InChI=1S/C11H9Cl2N3O3S/c12-7-4-5(8(13)20-7)9(17)14-11-16-15-10(19-11)6-2-1-3-18-6/h4,6H,1-3H2,(H,14,16,17)/t6-/m0/s1. The Balaban J connectivity index is 1.71. The summed E-state index contributed by atoms with van der Waals surface area (Å²) >= 11 is 12.8. The van der Waals surface area contributed by atoms with Crippen molar-refractivity contribution in [1.82, 2.24) is 10.2 Å². The van der Waals surface area contributed by atoms with E-state index in [-0.39, 0.29) is 17.7 Å². The molecule has 1 fully saturated rings. The van der Waals surface area contributed by atoms with E-state index in [2.05, 4.69) is 15.5 Å². The highest BCUT2D eigenvalue weighted by molar-refractivity contribution is 7.20. The van der Waals surface area contributed by atoms with Crippen LogP contribution in [-0.4, -0.2) is 22.7 Å². The highest BCUT2D eigenvalue weighted by Crippen LogP contribution is 2.32. The fraction of sp³-hybridized carbons (Fsp3) is 0.364. The van der Waals surface area contributed by atoms with E-state index in [9.17, 15) is 4.79 Å². The van der Waals surface area contributed by atoms with Gasteiger partial charge in [0.2, 0.25) is 5.89 Å². The first-order valence-corrected chi connectivity index (χ1v) is 7.42. The van der Waals surface area contributed by atoms with Crippen molar-refractivity contribution < 1.29 is 13.9 Å². The average Bonchev–Trinajstić information content (AvgIpc) is 3.09. The van der Waals surface area contributed by atoms with Crippen LogP contribution in [0.2, 0.25) is 8.67 Å². The molecule has 0 bridgehead atoms. The summed E-state index contributed by atoms with van der Waals surface area (Å²) in [4.78, 5) is 12.0. The van der Waals surface area contributed by atoms with E-state index in [1.54, 1.807) is 0 Å². The fourth-order valence-electron chi connectivity index (χ4n) is 1.85. The van der Waals surface area contributed by atoms with Crippen molar-refractivity contribution in [3.05, 3.63) is 26.2 Å². The summed E-state index contributed by atoms with van der Waals surface area (Å²) in [5.41, 5.74) is 0.276. The molecular weight excluding hydrogens is 325 g/mol. The molecule has 2 aromatic heterocycles. The third-order valence-corrected chi connectivity index (χ3v) is 4.26. The van der Waals surface area contributed by atoms with Crippen LogP contribution in [0.3, 0.4) is 0 Å². The average molecular weight is 334 g/mol. The Morgan fingerprint density at radius 2 is 2.30 bits per heavy atom. The molecule has 3 rings (SSSR count). The van der Waals surface area contributed by atoms with Crippen LogP contribution in [0.15, 0.2) is 10.5 Å². The lowest BCUT2D eigenvalue weighted by Gasteiger charge is -2.02. The molecular formula is C11H9Cl2N3O3S. The van der Waals surface area contributed by atoms with E-state index in [0.717, 1.165) is 24.2 Å². The summed E-state index contributed by atoms with van der Waals surface area (Å²) in [5, 5.41) is 10.1. The molecule has 106 valence electrons. The number of ether oxygens (including phenoxy) is 1. The lowest BCUT2D eigenvalue weighted by atomic mass is 10.2. The van der Waals surface area contributed by atoms with Crippen LogP contribution in [-0.2, 0) is 4.74 Å². The molecule has 1 atom stereocenters. The van der Waals surface area contributed by atoms with Gasteiger partial charge in [0, 0.05) is 6.61 Å². The van der Waals surface area contributed by atoms with Gasteiger partial charge in [0.15, 0.2) is 0 Å². The van der Waals surface area contributed by atoms with E-state index in [1.807, 2.05) is 0 Å². The lowest BCUT2D eigenvalue weighted by Crippen LogP contribution is -2.11. The van der Waals surface area contributed by atoms with Gasteiger partial charge < -0.3 is 9.15 Å². The van der Waals surface area contributed by atoms with Gasteiger partial charge in [-0.3, -0.25) is 10.1 Å². The zero-order valence-corrected chi connectivity index (χ0v) is 12.4. The number of rotatable bonds is 3. The number of thiophene rings is 1. The topological polar surface area (TPSA) is 77.2 Å². The van der Waals surface area contributed by atoms with Crippen molar-refractivity contribution in [2.24, 2.45) is 0 Å². The van der Waals surface area contributed by atoms with Gasteiger partial charge in [-0.2, -0.15) is 0 Å². The normalized spacial score (nSPS) is 18.4. The van der Waals surface area contributed by atoms with Crippen LogP contribution in [0.5, 0.6) is 0 Å². The first kappa shape index (κ1) is 13.8. The maximum Gasteiger partial charge on any atom is 0.322 e. The summed E-state index contributed by atoms with van der Waals surface area (Å²) in [7, 11) is 0. The molecule has 2 aromatic rings. The second kappa shape index (κ2) is 5.69. The van der Waals surface area contributed by atoms with E-state index in [0.29, 0.717) is 21.2 Å². The quantitative estimate of drug-likeness (QED) is 0.929. The van der Waals surface area contributed by atoms with Crippen molar-refractivity contribution in [3.63, 3.8) is 0 Å². The number of hydrogen-bond donors (Lipinski definition) is 1. The van der Waals surface area contributed by atoms with Crippen LogP contribution < -0.4 is 5.32 Å². The Morgan fingerprint density at radius 3 is 2.95 bits per heavy atom. The third kappa shape index (κ3) is 2.80. The minimum absolute atomic E-state index is 0.0129. The molecule has 1 N–H and O–H groups in total. The third-order valence-electron chi connectivity index (χ3n) is 2.77. The van der Waals surface area contributed by atoms with Crippen LogP contribution in [0.1, 0.15) is 35.2 Å². The monoisotopic (exact) mass is 333 g/mol. The maximum atomic E-state index is 12.0. The molecule has 9 heteroatoms. The van der Waals surface area contributed by atoms with Crippen molar-refractivity contribution in [2.75, 3.05) is 11.9 Å². The first-order chi connectivity index (χ1) is 9.63. The largest absolute Gasteiger partial charge is 0.405 e. The highest BCUT2D eigenvalue weighted by Gasteiger charge is 2.24. The molecule has 1 aliphatic rings. The molecule has 3 heterocycles. The molecule has 0 aliphatic carbocycles.